The summed E-state index contributed by atoms with van der Waals surface area (Å²) in [5, 5.41) is 9.95. The fraction of sp³-hybridized carbons (Fsp3) is 1.00. The van der Waals surface area contributed by atoms with Crippen molar-refractivity contribution in [1.82, 2.24) is 0 Å². The summed E-state index contributed by atoms with van der Waals surface area (Å²) >= 11 is 0. The molecule has 0 unspecified atom stereocenters. The summed E-state index contributed by atoms with van der Waals surface area (Å²) in [6.45, 7) is 3.12. The van der Waals surface area contributed by atoms with Crippen LogP contribution < -0.4 is 0 Å². The van der Waals surface area contributed by atoms with Crippen molar-refractivity contribution in [2.24, 2.45) is 5.92 Å². The first-order chi connectivity index (χ1) is 4.48. The molecular weight excluding hydrogens is 152 g/mol. The van der Waals surface area contributed by atoms with Gasteiger partial charge in [0, 0.05) is 0 Å². The Morgan fingerprint density at radius 3 is 2.10 bits per heavy atom. The first kappa shape index (κ1) is 9.91. The van der Waals surface area contributed by atoms with Crippen LogP contribution in [-0.2, 0) is 14.9 Å². The Hall–Kier alpha value is -0.0900. The average Bonchev–Trinajstić information content (AvgIpc) is 1.59. The van der Waals surface area contributed by atoms with Gasteiger partial charge in [-0.25, -0.2) is 13.5 Å². The zero-order valence-electron chi connectivity index (χ0n) is 6.33. The van der Waals surface area contributed by atoms with Gasteiger partial charge in [0.25, 0.3) is 0 Å². The minimum absolute atomic E-state index is 0.122. The SMILES string of the molecule is CC(C)CS(=O)(=O)CC[O]. The van der Waals surface area contributed by atoms with E-state index in [1.807, 2.05) is 13.8 Å². The minimum atomic E-state index is -3.04. The molecule has 0 aromatic heterocycles. The van der Waals surface area contributed by atoms with Gasteiger partial charge in [-0.15, -0.1) is 0 Å². The monoisotopic (exact) mass is 165 g/mol. The smallest absolute Gasteiger partial charge is 0.152 e. The molecule has 0 N–H and O–H groups in total. The standard InChI is InChI=1S/C6H13O3S/c1-6(2)5-10(8,9)4-3-7/h6H,3-5H2,1-2H3. The van der Waals surface area contributed by atoms with E-state index in [2.05, 4.69) is 0 Å². The first-order valence-electron chi connectivity index (χ1n) is 3.26. The molecule has 3 nitrogen and oxygen atoms in total. The summed E-state index contributed by atoms with van der Waals surface area (Å²) in [5.41, 5.74) is 0. The molecule has 0 aliphatic heterocycles. The number of sulfone groups is 1. The van der Waals surface area contributed by atoms with Gasteiger partial charge in [0.15, 0.2) is 9.84 Å². The van der Waals surface area contributed by atoms with Gasteiger partial charge in [-0.3, -0.25) is 0 Å². The molecule has 1 radical (unpaired) electrons. The van der Waals surface area contributed by atoms with Gasteiger partial charge >= 0.3 is 0 Å². The van der Waals surface area contributed by atoms with E-state index in [9.17, 15) is 13.5 Å². The zero-order valence-corrected chi connectivity index (χ0v) is 7.15. The van der Waals surface area contributed by atoms with Crippen molar-refractivity contribution in [3.63, 3.8) is 0 Å². The predicted molar refractivity (Wildman–Crippen MR) is 39.0 cm³/mol. The fourth-order valence-electron chi connectivity index (χ4n) is 0.718. The van der Waals surface area contributed by atoms with Crippen LogP contribution in [0.1, 0.15) is 13.8 Å². The lowest BCUT2D eigenvalue weighted by atomic mass is 10.3. The van der Waals surface area contributed by atoms with Crippen molar-refractivity contribution in [2.75, 3.05) is 18.1 Å². The van der Waals surface area contributed by atoms with E-state index in [1.54, 1.807) is 0 Å². The molecular formula is C6H13O3S. The Bertz CT molecular complexity index is 169. The quantitative estimate of drug-likeness (QED) is 0.608. The maximum absolute atomic E-state index is 10.8. The molecule has 0 atom stereocenters. The Morgan fingerprint density at radius 1 is 1.30 bits per heavy atom. The molecule has 0 aromatic rings. The molecule has 0 bridgehead atoms. The van der Waals surface area contributed by atoms with Crippen LogP contribution in [0.4, 0.5) is 0 Å². The second kappa shape index (κ2) is 3.93. The molecule has 0 heterocycles. The van der Waals surface area contributed by atoms with Crippen molar-refractivity contribution in [3.05, 3.63) is 0 Å². The van der Waals surface area contributed by atoms with Crippen LogP contribution in [0.25, 0.3) is 0 Å². The third-order valence-corrected chi connectivity index (χ3v) is 2.94. The minimum Gasteiger partial charge on any atom is -0.236 e. The van der Waals surface area contributed by atoms with Gasteiger partial charge in [-0.1, -0.05) is 13.8 Å². The summed E-state index contributed by atoms with van der Waals surface area (Å²) in [4.78, 5) is 0. The largest absolute Gasteiger partial charge is 0.236 e. The highest BCUT2D eigenvalue weighted by Crippen LogP contribution is 1.99. The number of hydrogen-bond acceptors (Lipinski definition) is 2. The van der Waals surface area contributed by atoms with Crippen molar-refractivity contribution in [3.8, 4) is 0 Å². The van der Waals surface area contributed by atoms with Gasteiger partial charge in [-0.05, 0) is 5.92 Å². The Labute approximate surface area is 62.0 Å². The van der Waals surface area contributed by atoms with E-state index in [-0.39, 0.29) is 17.4 Å². The molecule has 10 heavy (non-hydrogen) atoms. The molecule has 0 fully saturated rings. The van der Waals surface area contributed by atoms with Crippen molar-refractivity contribution < 1.29 is 13.5 Å². The van der Waals surface area contributed by atoms with Crippen LogP contribution in [0.5, 0.6) is 0 Å². The summed E-state index contributed by atoms with van der Waals surface area (Å²) in [5.74, 6) is 0.0389. The maximum Gasteiger partial charge on any atom is 0.152 e. The van der Waals surface area contributed by atoms with Crippen LogP contribution in [0.2, 0.25) is 0 Å². The Balaban J connectivity index is 3.89. The molecule has 0 rings (SSSR count). The Kier molecular flexibility index (Phi) is 3.89. The van der Waals surface area contributed by atoms with Gasteiger partial charge in [0.2, 0.25) is 0 Å². The molecule has 61 valence electrons. The topological polar surface area (TPSA) is 54.0 Å². The molecule has 0 saturated carbocycles. The third-order valence-electron chi connectivity index (χ3n) is 0.982. The van der Waals surface area contributed by atoms with Gasteiger partial charge in [-0.2, -0.15) is 0 Å². The van der Waals surface area contributed by atoms with E-state index in [0.717, 1.165) is 0 Å². The second-order valence-corrected chi connectivity index (χ2v) is 4.94. The predicted octanol–water partition coefficient (Wildman–Crippen LogP) is 0.488. The lowest BCUT2D eigenvalue weighted by Gasteiger charge is -2.03. The second-order valence-electron chi connectivity index (χ2n) is 2.71. The lowest BCUT2D eigenvalue weighted by Crippen LogP contribution is -2.16. The molecule has 0 aromatic carbocycles. The molecule has 0 saturated heterocycles. The summed E-state index contributed by atoms with van der Waals surface area (Å²) < 4.78 is 21.7. The Morgan fingerprint density at radius 2 is 1.80 bits per heavy atom. The average molecular weight is 165 g/mol. The highest BCUT2D eigenvalue weighted by molar-refractivity contribution is 7.91. The van der Waals surface area contributed by atoms with Crippen LogP contribution >= 0.6 is 0 Å². The molecule has 0 aliphatic carbocycles. The van der Waals surface area contributed by atoms with Crippen molar-refractivity contribution >= 4 is 9.84 Å². The van der Waals surface area contributed by atoms with Crippen LogP contribution in [0, 0.1) is 5.92 Å². The van der Waals surface area contributed by atoms with Crippen LogP contribution in [-0.4, -0.2) is 26.5 Å². The lowest BCUT2D eigenvalue weighted by molar-refractivity contribution is 0.213. The van der Waals surface area contributed by atoms with Gasteiger partial charge in [0.05, 0.1) is 18.1 Å². The molecule has 0 amide bonds. The van der Waals surface area contributed by atoms with Gasteiger partial charge in [0.1, 0.15) is 0 Å². The number of rotatable bonds is 4. The van der Waals surface area contributed by atoms with E-state index in [0.29, 0.717) is 0 Å². The fourth-order valence-corrected chi connectivity index (χ4v) is 2.15. The van der Waals surface area contributed by atoms with Gasteiger partial charge < -0.3 is 0 Å². The first-order valence-corrected chi connectivity index (χ1v) is 5.08. The molecule has 4 heteroatoms. The highest BCUT2D eigenvalue weighted by atomic mass is 32.2. The van der Waals surface area contributed by atoms with E-state index >= 15 is 0 Å². The van der Waals surface area contributed by atoms with E-state index in [4.69, 9.17) is 0 Å². The molecule has 0 aliphatic rings. The van der Waals surface area contributed by atoms with E-state index < -0.39 is 16.4 Å². The summed E-state index contributed by atoms with van der Waals surface area (Å²) in [6.07, 6.45) is 0. The third kappa shape index (κ3) is 4.76. The van der Waals surface area contributed by atoms with Crippen LogP contribution in [0.3, 0.4) is 0 Å². The maximum atomic E-state index is 10.8. The summed E-state index contributed by atoms with van der Waals surface area (Å²) in [7, 11) is -3.04. The van der Waals surface area contributed by atoms with Crippen LogP contribution in [0.15, 0.2) is 0 Å². The molecule has 0 spiro atoms. The highest BCUT2D eigenvalue weighted by Gasteiger charge is 2.11. The zero-order chi connectivity index (χ0) is 8.20. The summed E-state index contributed by atoms with van der Waals surface area (Å²) in [6, 6.07) is 0. The van der Waals surface area contributed by atoms with E-state index in [1.165, 1.54) is 0 Å². The van der Waals surface area contributed by atoms with Crippen molar-refractivity contribution in [1.29, 1.82) is 0 Å². The normalized spacial score (nSPS) is 12.4. The van der Waals surface area contributed by atoms with Crippen molar-refractivity contribution in [2.45, 2.75) is 13.8 Å². The number of hydrogen-bond donors (Lipinski definition) is 0.